The van der Waals surface area contributed by atoms with Crippen LogP contribution < -0.4 is 10.2 Å². The number of hydrogen-bond donors (Lipinski definition) is 3. The van der Waals surface area contributed by atoms with Gasteiger partial charge >= 0.3 is 12.0 Å². The maximum Gasteiger partial charge on any atom is 0.339 e. The first-order chi connectivity index (χ1) is 10.0. The van der Waals surface area contributed by atoms with Crippen LogP contribution >= 0.6 is 0 Å². The van der Waals surface area contributed by atoms with Gasteiger partial charge in [0.2, 0.25) is 0 Å². The lowest BCUT2D eigenvalue weighted by molar-refractivity contribution is 0.0694. The first-order valence-electron chi connectivity index (χ1n) is 6.15. The van der Waals surface area contributed by atoms with E-state index >= 15 is 0 Å². The van der Waals surface area contributed by atoms with E-state index < -0.39 is 17.7 Å². The van der Waals surface area contributed by atoms with E-state index in [1.54, 1.807) is 31.3 Å². The molecule has 0 fully saturated rings. The summed E-state index contributed by atoms with van der Waals surface area (Å²) in [6.07, 6.45) is 0. The van der Waals surface area contributed by atoms with Crippen molar-refractivity contribution in [1.82, 2.24) is 0 Å². The topological polar surface area (TPSA) is 89.9 Å². The molecule has 0 unspecified atom stereocenters. The number of rotatable bonds is 3. The number of carbonyl (C=O) groups excluding carboxylic acids is 1. The van der Waals surface area contributed by atoms with Gasteiger partial charge in [-0.1, -0.05) is 24.3 Å². The lowest BCUT2D eigenvalue weighted by atomic mass is 10.1. The van der Waals surface area contributed by atoms with Crippen molar-refractivity contribution in [2.45, 2.75) is 0 Å². The first-order valence-corrected chi connectivity index (χ1v) is 6.15. The molecule has 2 aromatic rings. The Hall–Kier alpha value is -3.02. The molecule has 0 radical (unpaired) electrons. The van der Waals surface area contributed by atoms with Crippen LogP contribution in [0.1, 0.15) is 10.4 Å². The second kappa shape index (κ2) is 5.96. The molecule has 0 aliphatic carbocycles. The number of aromatic carboxylic acids is 1. The minimum absolute atomic E-state index is 0.0441. The smallest absolute Gasteiger partial charge is 0.339 e. The summed E-state index contributed by atoms with van der Waals surface area (Å²) in [6, 6.07) is 12.6. The van der Waals surface area contributed by atoms with Crippen LogP contribution in [0.2, 0.25) is 0 Å². The van der Waals surface area contributed by atoms with E-state index in [-0.39, 0.29) is 11.3 Å². The van der Waals surface area contributed by atoms with Gasteiger partial charge in [-0.2, -0.15) is 0 Å². The van der Waals surface area contributed by atoms with Crippen molar-refractivity contribution in [2.75, 3.05) is 17.3 Å². The van der Waals surface area contributed by atoms with E-state index in [0.29, 0.717) is 5.69 Å². The fourth-order valence-corrected chi connectivity index (χ4v) is 1.78. The number of nitrogens with one attached hydrogen (secondary N) is 1. The maximum absolute atomic E-state index is 12.1. The highest BCUT2D eigenvalue weighted by Gasteiger charge is 2.16. The summed E-state index contributed by atoms with van der Waals surface area (Å²) in [5, 5.41) is 21.3. The lowest BCUT2D eigenvalue weighted by Crippen LogP contribution is -2.31. The number of carboxylic acid groups (broad SMARTS) is 1. The van der Waals surface area contributed by atoms with E-state index in [4.69, 9.17) is 5.11 Å². The number of hydrogen-bond acceptors (Lipinski definition) is 3. The van der Waals surface area contributed by atoms with Gasteiger partial charge in [0.25, 0.3) is 0 Å². The summed E-state index contributed by atoms with van der Waals surface area (Å²) >= 11 is 0. The molecule has 6 nitrogen and oxygen atoms in total. The molecule has 0 heterocycles. The number of phenols is 1. The number of benzene rings is 2. The molecule has 0 aliphatic heterocycles. The zero-order valence-electron chi connectivity index (χ0n) is 11.3. The number of nitrogens with zero attached hydrogens (tertiary/aromatic N) is 1. The molecule has 0 aromatic heterocycles. The van der Waals surface area contributed by atoms with Crippen molar-refractivity contribution in [1.29, 1.82) is 0 Å². The van der Waals surface area contributed by atoms with E-state index in [0.717, 1.165) is 0 Å². The molecule has 21 heavy (non-hydrogen) atoms. The van der Waals surface area contributed by atoms with Crippen LogP contribution in [-0.4, -0.2) is 29.3 Å². The number of para-hydroxylation sites is 2. The largest absolute Gasteiger partial charge is 0.505 e. The minimum atomic E-state index is -1.26. The highest BCUT2D eigenvalue weighted by atomic mass is 16.4. The standard InChI is InChI=1S/C15H14N2O4/c1-17(10-6-3-2-4-7-10)15(21)16-12-9-5-8-11(13(12)18)14(19)20/h2-9,18H,1H3,(H,16,21)(H,19,20). The van der Waals surface area contributed by atoms with Crippen molar-refractivity contribution in [3.8, 4) is 5.75 Å². The molecule has 0 saturated heterocycles. The van der Waals surface area contributed by atoms with Gasteiger partial charge in [0.15, 0.2) is 5.75 Å². The molecule has 2 amide bonds. The van der Waals surface area contributed by atoms with Gasteiger partial charge in [-0.3, -0.25) is 4.90 Å². The van der Waals surface area contributed by atoms with Gasteiger partial charge in [0.05, 0.1) is 5.69 Å². The molecular weight excluding hydrogens is 272 g/mol. The molecule has 2 aromatic carbocycles. The molecule has 0 atom stereocenters. The molecule has 3 N–H and O–H groups in total. The van der Waals surface area contributed by atoms with E-state index in [9.17, 15) is 14.7 Å². The maximum atomic E-state index is 12.1. The summed E-state index contributed by atoms with van der Waals surface area (Å²) < 4.78 is 0. The van der Waals surface area contributed by atoms with E-state index in [1.165, 1.54) is 23.1 Å². The van der Waals surface area contributed by atoms with Crippen LogP contribution in [0.25, 0.3) is 0 Å². The molecule has 108 valence electrons. The average Bonchev–Trinajstić information content (AvgIpc) is 2.49. The number of aromatic hydroxyl groups is 1. The number of anilines is 2. The molecule has 0 bridgehead atoms. The molecule has 0 spiro atoms. The normalized spacial score (nSPS) is 9.95. The predicted octanol–water partition coefficient (Wildman–Crippen LogP) is 2.76. The van der Waals surface area contributed by atoms with Crippen LogP contribution in [0.5, 0.6) is 5.75 Å². The Kier molecular flexibility index (Phi) is 4.08. The minimum Gasteiger partial charge on any atom is -0.505 e. The fraction of sp³-hybridized carbons (Fsp3) is 0.0667. The third-order valence-corrected chi connectivity index (χ3v) is 2.96. The van der Waals surface area contributed by atoms with E-state index in [1.807, 2.05) is 6.07 Å². The molecule has 6 heteroatoms. The van der Waals surface area contributed by atoms with Crippen molar-refractivity contribution >= 4 is 23.4 Å². The number of carbonyl (C=O) groups is 2. The van der Waals surface area contributed by atoms with Crippen LogP contribution in [-0.2, 0) is 0 Å². The number of urea groups is 1. The Bertz CT molecular complexity index is 671. The van der Waals surface area contributed by atoms with Gasteiger partial charge in [0, 0.05) is 12.7 Å². The van der Waals surface area contributed by atoms with Gasteiger partial charge in [-0.15, -0.1) is 0 Å². The molecule has 2 rings (SSSR count). The highest BCUT2D eigenvalue weighted by Crippen LogP contribution is 2.28. The summed E-state index contributed by atoms with van der Waals surface area (Å²) in [5.74, 6) is -1.74. The molecule has 0 saturated carbocycles. The average molecular weight is 286 g/mol. The highest BCUT2D eigenvalue weighted by molar-refractivity contribution is 6.03. The summed E-state index contributed by atoms with van der Waals surface area (Å²) in [7, 11) is 1.57. The zero-order valence-corrected chi connectivity index (χ0v) is 11.3. The zero-order chi connectivity index (χ0) is 15.4. The van der Waals surface area contributed by atoms with Crippen LogP contribution in [0.4, 0.5) is 16.2 Å². The summed E-state index contributed by atoms with van der Waals surface area (Å²) in [4.78, 5) is 24.4. The van der Waals surface area contributed by atoms with Gasteiger partial charge in [0.1, 0.15) is 5.56 Å². The Labute approximate surface area is 121 Å². The van der Waals surface area contributed by atoms with Crippen LogP contribution in [0.3, 0.4) is 0 Å². The van der Waals surface area contributed by atoms with Crippen LogP contribution in [0.15, 0.2) is 48.5 Å². The second-order valence-corrected chi connectivity index (χ2v) is 4.33. The third kappa shape index (κ3) is 3.11. The molecular formula is C15H14N2O4. The molecule has 0 aliphatic rings. The monoisotopic (exact) mass is 286 g/mol. The Morgan fingerprint density at radius 2 is 1.71 bits per heavy atom. The Morgan fingerprint density at radius 3 is 2.33 bits per heavy atom. The fourth-order valence-electron chi connectivity index (χ4n) is 1.78. The Morgan fingerprint density at radius 1 is 1.05 bits per heavy atom. The number of amides is 2. The second-order valence-electron chi connectivity index (χ2n) is 4.33. The first kappa shape index (κ1) is 14.4. The number of carboxylic acids is 1. The summed E-state index contributed by atoms with van der Waals surface area (Å²) in [6.45, 7) is 0. The summed E-state index contributed by atoms with van der Waals surface area (Å²) in [5.41, 5.74) is 0.446. The van der Waals surface area contributed by atoms with E-state index in [2.05, 4.69) is 5.32 Å². The Balaban J connectivity index is 2.21. The SMILES string of the molecule is CN(C(=O)Nc1cccc(C(=O)O)c1O)c1ccccc1. The van der Waals surface area contributed by atoms with Gasteiger partial charge in [-0.05, 0) is 24.3 Å². The van der Waals surface area contributed by atoms with Gasteiger partial charge in [-0.25, -0.2) is 9.59 Å². The van der Waals surface area contributed by atoms with Crippen molar-refractivity contribution in [3.05, 3.63) is 54.1 Å². The van der Waals surface area contributed by atoms with Crippen molar-refractivity contribution < 1.29 is 19.8 Å². The van der Waals surface area contributed by atoms with Crippen molar-refractivity contribution in [2.24, 2.45) is 0 Å². The van der Waals surface area contributed by atoms with Crippen molar-refractivity contribution in [3.63, 3.8) is 0 Å². The predicted molar refractivity (Wildman–Crippen MR) is 78.9 cm³/mol. The quantitative estimate of drug-likeness (QED) is 0.757. The van der Waals surface area contributed by atoms with Gasteiger partial charge < -0.3 is 15.5 Å². The third-order valence-electron chi connectivity index (χ3n) is 2.96. The lowest BCUT2D eigenvalue weighted by Gasteiger charge is -2.18. The van der Waals surface area contributed by atoms with Crippen LogP contribution in [0, 0.1) is 0 Å².